The summed E-state index contributed by atoms with van der Waals surface area (Å²) < 4.78 is 20.0. The Bertz CT molecular complexity index is 763. The summed E-state index contributed by atoms with van der Waals surface area (Å²) in [6.45, 7) is 0. The highest BCUT2D eigenvalue weighted by Gasteiger charge is 2.20. The highest BCUT2D eigenvalue weighted by atomic mass is 79.9. The molecule has 21 heavy (non-hydrogen) atoms. The van der Waals surface area contributed by atoms with Gasteiger partial charge in [0.2, 0.25) is 5.89 Å². The third kappa shape index (κ3) is 2.99. The Morgan fingerprint density at radius 2 is 1.86 bits per heavy atom. The molecule has 1 atom stereocenters. The predicted octanol–water partition coefficient (Wildman–Crippen LogP) is 4.97. The van der Waals surface area contributed by atoms with Crippen LogP contribution in [0.3, 0.4) is 0 Å². The van der Waals surface area contributed by atoms with Gasteiger partial charge >= 0.3 is 0 Å². The average Bonchev–Trinajstić information content (AvgIpc) is 2.97. The number of hydrogen-bond acceptors (Lipinski definition) is 3. The second-order valence-electron chi connectivity index (χ2n) is 4.34. The molecule has 1 heterocycles. The molecule has 0 spiro atoms. The summed E-state index contributed by atoms with van der Waals surface area (Å²) >= 11 is 9.50. The fourth-order valence-corrected chi connectivity index (χ4v) is 2.44. The molecule has 0 N–H and O–H groups in total. The van der Waals surface area contributed by atoms with Crippen molar-refractivity contribution in [1.29, 1.82) is 0 Å². The molecule has 1 unspecified atom stereocenters. The maximum absolute atomic E-state index is 13.9. The quantitative estimate of drug-likeness (QED) is 0.614. The van der Waals surface area contributed by atoms with E-state index in [9.17, 15) is 4.39 Å². The Labute approximate surface area is 133 Å². The molecule has 106 valence electrons. The zero-order valence-electron chi connectivity index (χ0n) is 10.6. The molecule has 3 rings (SSSR count). The molecule has 3 nitrogen and oxygen atoms in total. The topological polar surface area (TPSA) is 38.9 Å². The summed E-state index contributed by atoms with van der Waals surface area (Å²) in [6.07, 6.45) is 0. The largest absolute Gasteiger partial charge is 0.419 e. The second kappa shape index (κ2) is 5.95. The number of alkyl halides is 1. The molecular weight excluding hydrogens is 359 g/mol. The molecule has 0 saturated carbocycles. The van der Waals surface area contributed by atoms with E-state index in [2.05, 4.69) is 26.1 Å². The van der Waals surface area contributed by atoms with Crippen molar-refractivity contribution in [1.82, 2.24) is 10.2 Å². The molecule has 0 aliphatic carbocycles. The number of aromatic nitrogens is 2. The van der Waals surface area contributed by atoms with Crippen molar-refractivity contribution in [3.63, 3.8) is 0 Å². The third-order valence-electron chi connectivity index (χ3n) is 2.91. The summed E-state index contributed by atoms with van der Waals surface area (Å²) in [5.41, 5.74) is 1.08. The van der Waals surface area contributed by atoms with Crippen LogP contribution in [0.1, 0.15) is 16.8 Å². The monoisotopic (exact) mass is 366 g/mol. The molecule has 0 bridgehead atoms. The van der Waals surface area contributed by atoms with E-state index in [1.807, 2.05) is 30.3 Å². The van der Waals surface area contributed by atoms with E-state index < -0.39 is 11.2 Å². The van der Waals surface area contributed by atoms with Crippen LogP contribution in [-0.4, -0.2) is 10.2 Å². The minimum Gasteiger partial charge on any atom is -0.419 e. The van der Waals surface area contributed by atoms with Crippen LogP contribution in [0, 0.1) is 5.82 Å². The lowest BCUT2D eigenvalue weighted by atomic mass is 10.1. The fraction of sp³-hybridized carbons (Fsp3) is 0.0667. The van der Waals surface area contributed by atoms with Crippen LogP contribution in [0.4, 0.5) is 4.39 Å². The molecule has 0 aliphatic heterocycles. The number of benzene rings is 2. The first-order chi connectivity index (χ1) is 10.1. The van der Waals surface area contributed by atoms with Crippen molar-refractivity contribution >= 4 is 27.5 Å². The van der Waals surface area contributed by atoms with E-state index in [4.69, 9.17) is 16.0 Å². The van der Waals surface area contributed by atoms with Crippen molar-refractivity contribution in [2.24, 2.45) is 0 Å². The van der Waals surface area contributed by atoms with Gasteiger partial charge < -0.3 is 4.42 Å². The van der Waals surface area contributed by atoms with Gasteiger partial charge in [-0.1, -0.05) is 46.3 Å². The molecule has 0 amide bonds. The zero-order chi connectivity index (χ0) is 14.8. The maximum atomic E-state index is 13.9. The van der Waals surface area contributed by atoms with E-state index in [0.717, 1.165) is 5.56 Å². The smallest absolute Gasteiger partial charge is 0.250 e. The van der Waals surface area contributed by atoms with Crippen LogP contribution in [0.15, 0.2) is 57.4 Å². The van der Waals surface area contributed by atoms with Gasteiger partial charge in [-0.25, -0.2) is 4.39 Å². The van der Waals surface area contributed by atoms with Gasteiger partial charge in [-0.15, -0.1) is 21.8 Å². The Hall–Kier alpha value is -1.72. The van der Waals surface area contributed by atoms with Crippen molar-refractivity contribution in [3.05, 3.63) is 70.3 Å². The summed E-state index contributed by atoms with van der Waals surface area (Å²) in [4.78, 5) is 0. The highest BCUT2D eigenvalue weighted by Crippen LogP contribution is 2.31. The lowest BCUT2D eigenvalue weighted by molar-refractivity contribution is 0.508. The molecule has 0 fully saturated rings. The normalized spacial score (nSPS) is 12.3. The van der Waals surface area contributed by atoms with Gasteiger partial charge in [-0.05, 0) is 23.8 Å². The number of rotatable bonds is 3. The van der Waals surface area contributed by atoms with Crippen molar-refractivity contribution in [2.45, 2.75) is 5.38 Å². The van der Waals surface area contributed by atoms with E-state index in [-0.39, 0.29) is 17.3 Å². The average molecular weight is 368 g/mol. The van der Waals surface area contributed by atoms with Crippen molar-refractivity contribution in [3.8, 4) is 11.5 Å². The number of nitrogens with zero attached hydrogens (tertiary/aromatic N) is 2. The van der Waals surface area contributed by atoms with E-state index in [0.29, 0.717) is 4.47 Å². The van der Waals surface area contributed by atoms with Gasteiger partial charge in [0.1, 0.15) is 11.2 Å². The van der Waals surface area contributed by atoms with Gasteiger partial charge in [-0.2, -0.15) is 0 Å². The summed E-state index contributed by atoms with van der Waals surface area (Å²) in [5.74, 6) is -0.0952. The summed E-state index contributed by atoms with van der Waals surface area (Å²) in [5, 5.41) is 7.21. The molecule has 0 aliphatic rings. The van der Waals surface area contributed by atoms with Crippen LogP contribution in [0.25, 0.3) is 11.5 Å². The Kier molecular flexibility index (Phi) is 4.03. The highest BCUT2D eigenvalue weighted by molar-refractivity contribution is 9.10. The molecular formula is C15H9BrClFN2O. The first-order valence-electron chi connectivity index (χ1n) is 6.13. The van der Waals surface area contributed by atoms with Crippen LogP contribution in [0.2, 0.25) is 0 Å². The van der Waals surface area contributed by atoms with Gasteiger partial charge in [-0.3, -0.25) is 0 Å². The van der Waals surface area contributed by atoms with E-state index in [1.165, 1.54) is 6.07 Å². The maximum Gasteiger partial charge on any atom is 0.250 e. The van der Waals surface area contributed by atoms with Gasteiger partial charge in [0.25, 0.3) is 5.89 Å². The minimum absolute atomic E-state index is 0.108. The molecule has 1 aromatic heterocycles. The third-order valence-corrected chi connectivity index (χ3v) is 3.84. The number of halogens is 3. The van der Waals surface area contributed by atoms with Crippen molar-refractivity contribution < 1.29 is 8.81 Å². The van der Waals surface area contributed by atoms with Crippen LogP contribution in [-0.2, 0) is 0 Å². The minimum atomic E-state index is -0.564. The second-order valence-corrected chi connectivity index (χ2v) is 5.69. The van der Waals surface area contributed by atoms with E-state index >= 15 is 0 Å². The summed E-state index contributed by atoms with van der Waals surface area (Å²) in [7, 11) is 0. The lowest BCUT2D eigenvalue weighted by Gasteiger charge is -2.04. The molecule has 0 radical (unpaired) electrons. The van der Waals surface area contributed by atoms with Gasteiger partial charge in [0.05, 0.1) is 5.56 Å². The molecule has 3 aromatic rings. The van der Waals surface area contributed by atoms with Gasteiger partial charge in [0.15, 0.2) is 0 Å². The Morgan fingerprint density at radius 3 is 2.57 bits per heavy atom. The van der Waals surface area contributed by atoms with Crippen LogP contribution in [0.5, 0.6) is 0 Å². The SMILES string of the molecule is Fc1cc(Br)ccc1-c1nnc(C(Cl)c2ccccc2)o1. The molecule has 6 heteroatoms. The standard InChI is InChI=1S/C15H9BrClFN2O/c16-10-6-7-11(12(18)8-10)14-19-20-15(21-14)13(17)9-4-2-1-3-5-9/h1-8,13H. The van der Waals surface area contributed by atoms with Crippen molar-refractivity contribution in [2.75, 3.05) is 0 Å². The van der Waals surface area contributed by atoms with E-state index in [1.54, 1.807) is 12.1 Å². The van der Waals surface area contributed by atoms with Crippen LogP contribution < -0.4 is 0 Å². The lowest BCUT2D eigenvalue weighted by Crippen LogP contribution is -1.92. The van der Waals surface area contributed by atoms with Crippen LogP contribution >= 0.6 is 27.5 Å². The molecule has 0 saturated heterocycles. The first-order valence-corrected chi connectivity index (χ1v) is 7.36. The summed E-state index contributed by atoms with van der Waals surface area (Å²) in [6, 6.07) is 14.0. The predicted molar refractivity (Wildman–Crippen MR) is 81.5 cm³/mol. The Balaban J connectivity index is 1.93. The molecule has 2 aromatic carbocycles. The fourth-order valence-electron chi connectivity index (χ4n) is 1.87. The first kappa shape index (κ1) is 14.2. The number of hydrogen-bond donors (Lipinski definition) is 0. The Morgan fingerprint density at radius 1 is 1.10 bits per heavy atom. The van der Waals surface area contributed by atoms with Gasteiger partial charge in [0, 0.05) is 4.47 Å². The zero-order valence-corrected chi connectivity index (χ0v) is 13.0.